The molecule has 3 N–H and O–H groups in total. The first kappa shape index (κ1) is 21.0. The summed E-state index contributed by atoms with van der Waals surface area (Å²) in [6, 6.07) is 0. The van der Waals surface area contributed by atoms with Crippen LogP contribution in [0.3, 0.4) is 0 Å². The Balaban J connectivity index is 3.30. The van der Waals surface area contributed by atoms with Crippen molar-refractivity contribution in [3.05, 3.63) is 20.8 Å². The van der Waals surface area contributed by atoms with Crippen molar-refractivity contribution in [2.24, 2.45) is 5.92 Å². The van der Waals surface area contributed by atoms with Crippen LogP contribution in [0.15, 0.2) is 9.59 Å². The quantitative estimate of drug-likeness (QED) is 0.632. The van der Waals surface area contributed by atoms with Crippen LogP contribution < -0.4 is 21.9 Å². The number of carbonyl (C=O) groups is 1. The van der Waals surface area contributed by atoms with E-state index in [-0.39, 0.29) is 23.3 Å². The lowest BCUT2D eigenvalue weighted by Crippen LogP contribution is -2.42. The average Bonchev–Trinajstić information content (AvgIpc) is 2.54. The number of hydrogen-bond acceptors (Lipinski definition) is 4. The van der Waals surface area contributed by atoms with E-state index in [4.69, 9.17) is 5.73 Å². The van der Waals surface area contributed by atoms with Crippen LogP contribution in [0.25, 0.3) is 0 Å². The Morgan fingerprint density at radius 2 is 1.80 bits per heavy atom. The van der Waals surface area contributed by atoms with E-state index in [2.05, 4.69) is 11.9 Å². The third-order valence-electron chi connectivity index (χ3n) is 4.06. The van der Waals surface area contributed by atoms with Crippen LogP contribution in [0.5, 0.6) is 0 Å². The highest BCUT2D eigenvalue weighted by Crippen LogP contribution is 2.20. The molecule has 0 aliphatic rings. The summed E-state index contributed by atoms with van der Waals surface area (Å²) >= 11 is 0. The molecule has 0 saturated carbocycles. The van der Waals surface area contributed by atoms with Crippen LogP contribution in [0, 0.1) is 5.92 Å². The van der Waals surface area contributed by atoms with Crippen LogP contribution in [0.1, 0.15) is 66.2 Å². The third kappa shape index (κ3) is 5.76. The molecule has 0 radical (unpaired) electrons. The van der Waals surface area contributed by atoms with Gasteiger partial charge in [-0.2, -0.15) is 0 Å². The number of carbonyl (C=O) groups excluding carboxylic acids is 1. The molecule has 0 aromatic carbocycles. The van der Waals surface area contributed by atoms with Crippen LogP contribution in [-0.4, -0.2) is 22.0 Å². The number of nitrogens with one attached hydrogen (secondary N) is 1. The van der Waals surface area contributed by atoms with Gasteiger partial charge in [0.2, 0.25) is 5.91 Å². The number of anilines is 2. The molecule has 25 heavy (non-hydrogen) atoms. The van der Waals surface area contributed by atoms with E-state index in [9.17, 15) is 14.4 Å². The summed E-state index contributed by atoms with van der Waals surface area (Å²) in [5.41, 5.74) is 5.13. The van der Waals surface area contributed by atoms with Crippen LogP contribution in [-0.2, 0) is 11.3 Å². The van der Waals surface area contributed by atoms with Crippen molar-refractivity contribution in [1.29, 1.82) is 0 Å². The van der Waals surface area contributed by atoms with E-state index in [1.807, 2.05) is 20.8 Å². The number of aromatic amines is 1. The Morgan fingerprint density at radius 1 is 1.16 bits per heavy atom. The second kappa shape index (κ2) is 10.1. The van der Waals surface area contributed by atoms with Crippen molar-refractivity contribution in [3.63, 3.8) is 0 Å². The third-order valence-corrected chi connectivity index (χ3v) is 4.06. The van der Waals surface area contributed by atoms with E-state index in [0.29, 0.717) is 19.5 Å². The Kier molecular flexibility index (Phi) is 8.45. The lowest BCUT2D eigenvalue weighted by atomic mass is 10.1. The lowest BCUT2D eigenvalue weighted by Gasteiger charge is -2.25. The molecule has 142 valence electrons. The number of hydrogen-bond donors (Lipinski definition) is 2. The maximum atomic E-state index is 12.7. The number of unbranched alkanes of at least 4 members (excludes halogenated alkanes) is 3. The predicted octanol–water partition coefficient (Wildman–Crippen LogP) is 2.49. The molecule has 0 unspecified atom stereocenters. The molecular weight excluding hydrogens is 320 g/mol. The summed E-state index contributed by atoms with van der Waals surface area (Å²) < 4.78 is 1.35. The molecule has 1 aromatic heterocycles. The molecule has 7 heteroatoms. The van der Waals surface area contributed by atoms with Crippen LogP contribution in [0.4, 0.5) is 11.5 Å². The molecule has 0 bridgehead atoms. The first-order valence-electron chi connectivity index (χ1n) is 9.26. The van der Waals surface area contributed by atoms with Gasteiger partial charge in [0.1, 0.15) is 5.82 Å². The minimum atomic E-state index is -0.595. The summed E-state index contributed by atoms with van der Waals surface area (Å²) in [7, 11) is 0. The summed E-state index contributed by atoms with van der Waals surface area (Å²) in [5, 5.41) is 0. The van der Waals surface area contributed by atoms with E-state index < -0.39 is 11.2 Å². The maximum Gasteiger partial charge on any atom is 0.330 e. The van der Waals surface area contributed by atoms with E-state index >= 15 is 0 Å². The fraction of sp³-hybridized carbons (Fsp3) is 0.722. The molecule has 0 fully saturated rings. The van der Waals surface area contributed by atoms with Gasteiger partial charge >= 0.3 is 5.69 Å². The fourth-order valence-corrected chi connectivity index (χ4v) is 2.72. The van der Waals surface area contributed by atoms with E-state index in [1.54, 1.807) is 0 Å². The normalized spacial score (nSPS) is 11.1. The number of nitrogen functional groups attached to an aromatic ring is 1. The number of nitrogens with zero attached hydrogens (tertiary/aromatic N) is 2. The van der Waals surface area contributed by atoms with Gasteiger partial charge in [0.25, 0.3) is 5.56 Å². The van der Waals surface area contributed by atoms with Gasteiger partial charge in [-0.25, -0.2) is 4.79 Å². The number of aromatic nitrogens is 2. The van der Waals surface area contributed by atoms with E-state index in [1.165, 1.54) is 9.47 Å². The molecule has 1 heterocycles. The number of rotatable bonds is 10. The topological polar surface area (TPSA) is 101 Å². The SMILES string of the molecule is CCCCCC(=O)N(CCCC)c1c(N)n(CC(C)C)c(=O)[nH]c1=O. The van der Waals surface area contributed by atoms with Crippen molar-refractivity contribution >= 4 is 17.4 Å². The molecule has 1 aromatic rings. The Bertz CT molecular complexity index is 676. The van der Waals surface area contributed by atoms with Gasteiger partial charge in [-0.1, -0.05) is 47.0 Å². The first-order chi connectivity index (χ1) is 11.8. The van der Waals surface area contributed by atoms with Crippen LogP contribution >= 0.6 is 0 Å². The summed E-state index contributed by atoms with van der Waals surface area (Å²) in [6.07, 6.45) is 4.79. The number of nitrogens with two attached hydrogens (primary N) is 1. The number of H-pyrrole nitrogens is 1. The lowest BCUT2D eigenvalue weighted by molar-refractivity contribution is -0.118. The monoisotopic (exact) mass is 352 g/mol. The average molecular weight is 352 g/mol. The zero-order chi connectivity index (χ0) is 19.0. The molecular formula is C18H32N4O3. The highest BCUT2D eigenvalue weighted by molar-refractivity contribution is 5.95. The minimum absolute atomic E-state index is 0.0717. The van der Waals surface area contributed by atoms with Crippen molar-refractivity contribution < 1.29 is 4.79 Å². The molecule has 0 aliphatic carbocycles. The predicted molar refractivity (Wildman–Crippen MR) is 102 cm³/mol. The highest BCUT2D eigenvalue weighted by atomic mass is 16.2. The zero-order valence-electron chi connectivity index (χ0n) is 15.9. The molecule has 1 amide bonds. The van der Waals surface area contributed by atoms with Gasteiger partial charge in [0, 0.05) is 19.5 Å². The molecule has 1 rings (SSSR count). The van der Waals surface area contributed by atoms with Crippen molar-refractivity contribution in [2.75, 3.05) is 17.2 Å². The molecule has 0 atom stereocenters. The summed E-state index contributed by atoms with van der Waals surface area (Å²) in [5.74, 6) is 0.138. The Labute approximate surface area is 149 Å². The molecule has 7 nitrogen and oxygen atoms in total. The van der Waals surface area contributed by atoms with Gasteiger partial charge in [0.15, 0.2) is 5.69 Å². The van der Waals surface area contributed by atoms with E-state index in [0.717, 1.165) is 32.1 Å². The van der Waals surface area contributed by atoms with Crippen molar-refractivity contribution in [2.45, 2.75) is 72.8 Å². The largest absolute Gasteiger partial charge is 0.383 e. The van der Waals surface area contributed by atoms with Gasteiger partial charge in [-0.05, 0) is 18.8 Å². The van der Waals surface area contributed by atoms with Gasteiger partial charge in [-0.3, -0.25) is 19.1 Å². The molecule has 0 saturated heterocycles. The second-order valence-electron chi connectivity index (χ2n) is 6.85. The van der Waals surface area contributed by atoms with Crippen LogP contribution in [0.2, 0.25) is 0 Å². The zero-order valence-corrected chi connectivity index (χ0v) is 15.9. The summed E-state index contributed by atoms with van der Waals surface area (Å²) in [4.78, 5) is 40.9. The van der Waals surface area contributed by atoms with Crippen molar-refractivity contribution in [1.82, 2.24) is 9.55 Å². The molecule has 0 spiro atoms. The fourth-order valence-electron chi connectivity index (χ4n) is 2.72. The van der Waals surface area contributed by atoms with Gasteiger partial charge in [-0.15, -0.1) is 0 Å². The Morgan fingerprint density at radius 3 is 2.36 bits per heavy atom. The minimum Gasteiger partial charge on any atom is -0.383 e. The number of amides is 1. The highest BCUT2D eigenvalue weighted by Gasteiger charge is 2.23. The Hall–Kier alpha value is -2.05. The van der Waals surface area contributed by atoms with Gasteiger partial charge in [0.05, 0.1) is 0 Å². The standard InChI is InChI=1S/C18H32N4O3/c1-5-7-9-10-14(23)21(11-8-6-2)15-16(19)22(12-13(3)4)18(25)20-17(15)24/h13H,5-12,19H2,1-4H3,(H,20,24,25). The first-order valence-corrected chi connectivity index (χ1v) is 9.26. The van der Waals surface area contributed by atoms with Crippen molar-refractivity contribution in [3.8, 4) is 0 Å². The summed E-state index contributed by atoms with van der Waals surface area (Å²) in [6.45, 7) is 8.83. The van der Waals surface area contributed by atoms with Gasteiger partial charge < -0.3 is 10.6 Å². The molecule has 0 aliphatic heterocycles. The maximum absolute atomic E-state index is 12.7. The smallest absolute Gasteiger partial charge is 0.330 e. The second-order valence-corrected chi connectivity index (χ2v) is 6.85.